The second-order valence-electron chi connectivity index (χ2n) is 6.51. The van der Waals surface area contributed by atoms with Gasteiger partial charge in [0.25, 0.3) is 0 Å². The van der Waals surface area contributed by atoms with Gasteiger partial charge < -0.3 is 10.1 Å². The van der Waals surface area contributed by atoms with Gasteiger partial charge in [-0.2, -0.15) is 18.4 Å². The first-order valence-corrected chi connectivity index (χ1v) is 8.75. The number of halogens is 3. The number of fused-ring (bicyclic) bond motifs is 4. The zero-order chi connectivity index (χ0) is 20.9. The van der Waals surface area contributed by atoms with E-state index in [4.69, 9.17) is 4.74 Å². The first-order chi connectivity index (χ1) is 14.4. The van der Waals surface area contributed by atoms with Crippen molar-refractivity contribution in [2.75, 3.05) is 5.32 Å². The number of nitrogens with one attached hydrogen (secondary N) is 1. The first-order valence-electron chi connectivity index (χ1n) is 8.75. The van der Waals surface area contributed by atoms with Crippen LogP contribution in [0, 0.1) is 11.3 Å². The van der Waals surface area contributed by atoms with E-state index in [1.807, 2.05) is 0 Å². The minimum Gasteiger partial charge on any atom is -0.451 e. The van der Waals surface area contributed by atoms with Gasteiger partial charge >= 0.3 is 6.18 Å². The molecule has 1 aromatic carbocycles. The number of hydrogen-bond acceptors (Lipinski definition) is 6. The summed E-state index contributed by atoms with van der Waals surface area (Å²) in [6.45, 7) is 0. The van der Waals surface area contributed by atoms with E-state index in [2.05, 4.69) is 26.3 Å². The lowest BCUT2D eigenvalue weighted by atomic mass is 10.1. The Morgan fingerprint density at radius 1 is 1.03 bits per heavy atom. The highest BCUT2D eigenvalue weighted by Crippen LogP contribution is 2.46. The summed E-state index contributed by atoms with van der Waals surface area (Å²) in [7, 11) is 0. The van der Waals surface area contributed by atoms with Gasteiger partial charge in [-0.05, 0) is 42.5 Å². The second kappa shape index (κ2) is 6.42. The summed E-state index contributed by atoms with van der Waals surface area (Å²) in [6.07, 6.45) is -1.49. The predicted octanol–water partition coefficient (Wildman–Crippen LogP) is 5.43. The van der Waals surface area contributed by atoms with Crippen LogP contribution in [0.2, 0.25) is 0 Å². The third-order valence-corrected chi connectivity index (χ3v) is 4.65. The molecule has 0 aliphatic carbocycles. The van der Waals surface area contributed by atoms with Crippen LogP contribution in [0.1, 0.15) is 11.1 Å². The molecule has 30 heavy (non-hydrogen) atoms. The van der Waals surface area contributed by atoms with E-state index in [0.717, 1.165) is 12.1 Å². The Morgan fingerprint density at radius 3 is 2.70 bits per heavy atom. The highest BCUT2D eigenvalue weighted by Gasteiger charge is 2.32. The van der Waals surface area contributed by atoms with Crippen molar-refractivity contribution < 1.29 is 17.9 Å². The maximum atomic E-state index is 13.0. The molecule has 4 aromatic rings. The highest BCUT2D eigenvalue weighted by atomic mass is 19.4. The van der Waals surface area contributed by atoms with E-state index < -0.39 is 11.7 Å². The van der Waals surface area contributed by atoms with Crippen molar-refractivity contribution in [1.82, 2.24) is 15.0 Å². The summed E-state index contributed by atoms with van der Waals surface area (Å²) in [5, 5.41) is 13.0. The number of pyridine rings is 3. The third kappa shape index (κ3) is 2.86. The molecule has 0 unspecified atom stereocenters. The third-order valence-electron chi connectivity index (χ3n) is 4.65. The SMILES string of the molecule is N#Cc1cccnc1-c1ccc2c3c(cnc2n1)Oc1cc(C(F)(F)F)ccc1N3. The molecule has 9 heteroatoms. The summed E-state index contributed by atoms with van der Waals surface area (Å²) in [5.74, 6) is 0.356. The molecule has 0 saturated carbocycles. The van der Waals surface area contributed by atoms with Crippen molar-refractivity contribution in [3.05, 3.63) is 66.0 Å². The Kier molecular flexibility index (Phi) is 3.83. The van der Waals surface area contributed by atoms with Gasteiger partial charge in [-0.3, -0.25) is 4.98 Å². The zero-order valence-electron chi connectivity index (χ0n) is 15.0. The van der Waals surface area contributed by atoms with Crippen molar-refractivity contribution in [2.45, 2.75) is 6.18 Å². The molecular weight excluding hydrogens is 395 g/mol. The predicted molar refractivity (Wildman–Crippen MR) is 102 cm³/mol. The molecule has 3 aromatic heterocycles. The van der Waals surface area contributed by atoms with Crippen LogP contribution >= 0.6 is 0 Å². The van der Waals surface area contributed by atoms with Gasteiger partial charge in [0, 0.05) is 11.6 Å². The Morgan fingerprint density at radius 2 is 1.90 bits per heavy atom. The molecule has 0 radical (unpaired) electrons. The largest absolute Gasteiger partial charge is 0.451 e. The van der Waals surface area contributed by atoms with Gasteiger partial charge in [-0.25, -0.2) is 9.97 Å². The maximum absolute atomic E-state index is 13.0. The van der Waals surface area contributed by atoms with Crippen molar-refractivity contribution in [1.29, 1.82) is 5.26 Å². The monoisotopic (exact) mass is 405 g/mol. The Balaban J connectivity index is 1.58. The van der Waals surface area contributed by atoms with Crippen molar-refractivity contribution in [3.8, 4) is 29.0 Å². The number of alkyl halides is 3. The summed E-state index contributed by atoms with van der Waals surface area (Å²) in [6, 6.07) is 12.1. The van der Waals surface area contributed by atoms with Crippen LogP contribution in [0.4, 0.5) is 24.5 Å². The molecule has 0 atom stereocenters. The van der Waals surface area contributed by atoms with E-state index in [1.165, 1.54) is 12.3 Å². The fourth-order valence-corrected chi connectivity index (χ4v) is 3.24. The number of hydrogen-bond donors (Lipinski definition) is 1. The van der Waals surface area contributed by atoms with Crippen LogP contribution in [0.25, 0.3) is 22.4 Å². The van der Waals surface area contributed by atoms with E-state index in [9.17, 15) is 18.4 Å². The van der Waals surface area contributed by atoms with Crippen molar-refractivity contribution in [2.24, 2.45) is 0 Å². The van der Waals surface area contributed by atoms with Gasteiger partial charge in [0.05, 0.1) is 34.4 Å². The number of rotatable bonds is 1. The second-order valence-corrected chi connectivity index (χ2v) is 6.51. The van der Waals surface area contributed by atoms with Crippen LogP contribution < -0.4 is 10.1 Å². The zero-order valence-corrected chi connectivity index (χ0v) is 15.0. The van der Waals surface area contributed by atoms with Crippen molar-refractivity contribution in [3.63, 3.8) is 0 Å². The fraction of sp³-hybridized carbons (Fsp3) is 0.0476. The first kappa shape index (κ1) is 17.9. The molecule has 0 spiro atoms. The molecule has 0 amide bonds. The molecule has 146 valence electrons. The molecule has 4 heterocycles. The molecule has 0 fully saturated rings. The average Bonchev–Trinajstić information content (AvgIpc) is 2.76. The number of nitriles is 1. The van der Waals surface area contributed by atoms with Crippen LogP contribution in [0.3, 0.4) is 0 Å². The normalized spacial score (nSPS) is 12.3. The van der Waals surface area contributed by atoms with Gasteiger partial charge in [-0.1, -0.05) is 0 Å². The molecule has 5 rings (SSSR count). The maximum Gasteiger partial charge on any atom is 0.416 e. The Bertz CT molecular complexity index is 1360. The lowest BCUT2D eigenvalue weighted by Gasteiger charge is -2.23. The van der Waals surface area contributed by atoms with Gasteiger partial charge in [0.1, 0.15) is 11.8 Å². The molecule has 0 saturated heterocycles. The minimum absolute atomic E-state index is 0.0650. The summed E-state index contributed by atoms with van der Waals surface area (Å²) >= 11 is 0. The number of benzene rings is 1. The molecule has 0 bridgehead atoms. The number of aromatic nitrogens is 3. The molecule has 6 nitrogen and oxygen atoms in total. The van der Waals surface area contributed by atoms with E-state index >= 15 is 0 Å². The van der Waals surface area contributed by atoms with E-state index in [1.54, 1.807) is 30.5 Å². The van der Waals surface area contributed by atoms with Crippen LogP contribution in [0.5, 0.6) is 11.5 Å². The number of nitrogens with zero attached hydrogens (tertiary/aromatic N) is 4. The Labute approximate surface area is 167 Å². The standard InChI is InChI=1S/C21H10F3N5O/c22-21(23,24)12-3-5-14-16(8-12)30-17-10-27-20-13(19(17)28-14)4-6-15(29-20)18-11(9-25)2-1-7-26-18/h1-8,10,28H. The minimum atomic E-state index is -4.46. The van der Waals surface area contributed by atoms with Crippen LogP contribution in [-0.4, -0.2) is 15.0 Å². The van der Waals surface area contributed by atoms with Crippen molar-refractivity contribution >= 4 is 22.4 Å². The van der Waals surface area contributed by atoms with E-state index in [-0.39, 0.29) is 5.75 Å². The molecule has 1 aliphatic rings. The average molecular weight is 405 g/mol. The van der Waals surface area contributed by atoms with E-state index in [0.29, 0.717) is 45.1 Å². The molecule has 1 N–H and O–H groups in total. The number of anilines is 2. The Hall–Kier alpha value is -4.19. The quantitative estimate of drug-likeness (QED) is 0.400. The summed E-state index contributed by atoms with van der Waals surface area (Å²) in [4.78, 5) is 13.0. The summed E-state index contributed by atoms with van der Waals surface area (Å²) in [5.41, 5.74) is 1.85. The molecular formula is C21H10F3N5O. The van der Waals surface area contributed by atoms with Gasteiger partial charge in [0.15, 0.2) is 17.1 Å². The lowest BCUT2D eigenvalue weighted by molar-refractivity contribution is -0.137. The van der Waals surface area contributed by atoms with Gasteiger partial charge in [0.2, 0.25) is 0 Å². The number of ether oxygens (including phenoxy) is 1. The van der Waals surface area contributed by atoms with Gasteiger partial charge in [-0.15, -0.1) is 0 Å². The van der Waals surface area contributed by atoms with Crippen LogP contribution in [0.15, 0.2) is 54.9 Å². The summed E-state index contributed by atoms with van der Waals surface area (Å²) < 4.78 is 44.6. The smallest absolute Gasteiger partial charge is 0.416 e. The topological polar surface area (TPSA) is 83.7 Å². The van der Waals surface area contributed by atoms with Crippen LogP contribution in [-0.2, 0) is 6.18 Å². The highest BCUT2D eigenvalue weighted by molar-refractivity contribution is 5.97. The fourth-order valence-electron chi connectivity index (χ4n) is 3.24. The lowest BCUT2D eigenvalue weighted by Crippen LogP contribution is -2.09. The molecule has 1 aliphatic heterocycles.